The zero-order chi connectivity index (χ0) is 16.1. The van der Waals surface area contributed by atoms with Crippen LogP contribution in [0.3, 0.4) is 0 Å². The Morgan fingerprint density at radius 1 is 1.22 bits per heavy atom. The lowest BCUT2D eigenvalue weighted by Crippen LogP contribution is -2.21. The Morgan fingerprint density at radius 3 is 2.78 bits per heavy atom. The van der Waals surface area contributed by atoms with Crippen LogP contribution in [0, 0.1) is 0 Å². The monoisotopic (exact) mass is 309 g/mol. The molecule has 0 unspecified atom stereocenters. The summed E-state index contributed by atoms with van der Waals surface area (Å²) >= 11 is 0. The number of imide groups is 1. The van der Waals surface area contributed by atoms with Crippen molar-refractivity contribution in [2.75, 3.05) is 6.61 Å². The van der Waals surface area contributed by atoms with Gasteiger partial charge in [0.15, 0.2) is 0 Å². The van der Waals surface area contributed by atoms with Crippen molar-refractivity contribution in [3.63, 3.8) is 0 Å². The fourth-order valence-electron chi connectivity index (χ4n) is 2.93. The van der Waals surface area contributed by atoms with Gasteiger partial charge in [-0.2, -0.15) is 0 Å². The average molecular weight is 309 g/mol. The van der Waals surface area contributed by atoms with Crippen molar-refractivity contribution in [3.8, 4) is 0 Å². The number of ether oxygens (including phenoxy) is 1. The Labute approximate surface area is 129 Å². The highest BCUT2D eigenvalue weighted by Crippen LogP contribution is 2.33. The number of hydrogen-bond acceptors (Lipinski definition) is 5. The first-order chi connectivity index (χ1) is 11.1. The number of carbonyl (C=O) groups excluding carboxylic acids is 3. The lowest BCUT2D eigenvalue weighted by Gasteiger charge is -2.06. The van der Waals surface area contributed by atoms with E-state index in [0.717, 1.165) is 5.39 Å². The van der Waals surface area contributed by atoms with Crippen molar-refractivity contribution in [2.24, 2.45) is 0 Å². The molecule has 2 aromatic heterocycles. The number of esters is 1. The first kappa shape index (κ1) is 13.4. The van der Waals surface area contributed by atoms with E-state index in [0.29, 0.717) is 16.6 Å². The maximum absolute atomic E-state index is 12.2. The fourth-order valence-corrected chi connectivity index (χ4v) is 2.93. The predicted octanol–water partition coefficient (Wildman–Crippen LogP) is 1.78. The van der Waals surface area contributed by atoms with Crippen molar-refractivity contribution in [1.82, 2.24) is 15.3 Å². The average Bonchev–Trinajstić information content (AvgIpc) is 3.04. The van der Waals surface area contributed by atoms with Gasteiger partial charge in [-0.3, -0.25) is 14.9 Å². The molecule has 114 valence electrons. The molecule has 0 saturated heterocycles. The number of nitrogens with zero attached hydrogens (tertiary/aromatic N) is 1. The van der Waals surface area contributed by atoms with Crippen molar-refractivity contribution >= 4 is 39.7 Å². The van der Waals surface area contributed by atoms with Gasteiger partial charge in [0.1, 0.15) is 5.65 Å². The Morgan fingerprint density at radius 2 is 2.00 bits per heavy atom. The third kappa shape index (κ3) is 1.76. The van der Waals surface area contributed by atoms with Gasteiger partial charge >= 0.3 is 5.97 Å². The molecule has 2 N–H and O–H groups in total. The maximum atomic E-state index is 12.2. The second-order valence-electron chi connectivity index (χ2n) is 5.12. The van der Waals surface area contributed by atoms with E-state index in [2.05, 4.69) is 15.3 Å². The quantitative estimate of drug-likeness (QED) is 0.555. The summed E-state index contributed by atoms with van der Waals surface area (Å²) in [6, 6.07) is 5.17. The van der Waals surface area contributed by atoms with Crippen LogP contribution in [-0.2, 0) is 4.74 Å². The van der Waals surface area contributed by atoms with Crippen molar-refractivity contribution in [3.05, 3.63) is 41.1 Å². The van der Waals surface area contributed by atoms with Crippen LogP contribution in [0.5, 0.6) is 0 Å². The van der Waals surface area contributed by atoms with E-state index in [-0.39, 0.29) is 23.3 Å². The van der Waals surface area contributed by atoms with Gasteiger partial charge in [-0.15, -0.1) is 0 Å². The number of amides is 2. The normalized spacial score (nSPS) is 13.4. The number of pyridine rings is 1. The molecule has 23 heavy (non-hydrogen) atoms. The van der Waals surface area contributed by atoms with Crippen LogP contribution in [0.25, 0.3) is 21.9 Å². The van der Waals surface area contributed by atoms with E-state index in [4.69, 9.17) is 4.74 Å². The molecule has 1 aliphatic heterocycles. The third-order valence-electron chi connectivity index (χ3n) is 3.85. The number of H-pyrrole nitrogens is 1. The summed E-state index contributed by atoms with van der Waals surface area (Å²) in [6.07, 6.45) is 1.62. The highest BCUT2D eigenvalue weighted by Gasteiger charge is 2.35. The summed E-state index contributed by atoms with van der Waals surface area (Å²) in [5, 5.41) is 3.65. The summed E-state index contributed by atoms with van der Waals surface area (Å²) < 4.78 is 5.02. The summed E-state index contributed by atoms with van der Waals surface area (Å²) in [7, 11) is 0. The molecule has 0 spiro atoms. The van der Waals surface area contributed by atoms with E-state index in [1.54, 1.807) is 25.3 Å². The molecule has 0 radical (unpaired) electrons. The van der Waals surface area contributed by atoms with Crippen LogP contribution in [0.2, 0.25) is 0 Å². The largest absolute Gasteiger partial charge is 0.462 e. The molecule has 1 aromatic carbocycles. The smallest absolute Gasteiger partial charge is 0.338 e. The standard InChI is InChI=1S/C16H11N3O4/c1-2-23-16(22)9-6-8-7-4-3-5-17-13(7)18-12(8)11-10(9)14(20)19-15(11)21/h3-6H,2H2,1H3,(H,17,18)(H,19,20,21). The van der Waals surface area contributed by atoms with Crippen LogP contribution in [-0.4, -0.2) is 34.4 Å². The number of fused-ring (bicyclic) bond motifs is 5. The van der Waals surface area contributed by atoms with Crippen LogP contribution in [0.15, 0.2) is 24.4 Å². The van der Waals surface area contributed by atoms with E-state index < -0.39 is 17.8 Å². The Bertz CT molecular complexity index is 1020. The zero-order valence-corrected chi connectivity index (χ0v) is 12.1. The van der Waals surface area contributed by atoms with E-state index in [9.17, 15) is 14.4 Å². The third-order valence-corrected chi connectivity index (χ3v) is 3.85. The molecule has 4 rings (SSSR count). The van der Waals surface area contributed by atoms with Crippen molar-refractivity contribution < 1.29 is 19.1 Å². The molecule has 7 nitrogen and oxygen atoms in total. The van der Waals surface area contributed by atoms with Crippen molar-refractivity contribution in [2.45, 2.75) is 6.92 Å². The Hall–Kier alpha value is -3.22. The fraction of sp³-hybridized carbons (Fsp3) is 0.125. The van der Waals surface area contributed by atoms with E-state index in [1.165, 1.54) is 0 Å². The highest BCUT2D eigenvalue weighted by atomic mass is 16.5. The number of benzene rings is 1. The van der Waals surface area contributed by atoms with Gasteiger partial charge in [0.05, 0.1) is 28.8 Å². The minimum absolute atomic E-state index is 0.0486. The van der Waals surface area contributed by atoms with Gasteiger partial charge < -0.3 is 9.72 Å². The Balaban J connectivity index is 2.16. The molecule has 1 aliphatic rings. The molecular weight excluding hydrogens is 298 g/mol. The van der Waals surface area contributed by atoms with Gasteiger partial charge in [-0.25, -0.2) is 9.78 Å². The number of carbonyl (C=O) groups is 3. The summed E-state index contributed by atoms with van der Waals surface area (Å²) in [5.41, 5.74) is 1.37. The molecule has 2 amide bonds. The molecule has 0 saturated carbocycles. The second-order valence-corrected chi connectivity index (χ2v) is 5.12. The molecule has 0 fully saturated rings. The number of aromatic amines is 1. The van der Waals surface area contributed by atoms with Gasteiger partial charge in [0, 0.05) is 17.0 Å². The summed E-state index contributed by atoms with van der Waals surface area (Å²) in [6.45, 7) is 1.86. The van der Waals surface area contributed by atoms with Crippen LogP contribution < -0.4 is 5.32 Å². The predicted molar refractivity (Wildman–Crippen MR) is 81.4 cm³/mol. The maximum Gasteiger partial charge on any atom is 0.338 e. The van der Waals surface area contributed by atoms with Gasteiger partial charge in [0.2, 0.25) is 0 Å². The SMILES string of the molecule is CCOC(=O)c1cc2c([nH]c3ncccc32)c2c1C(=O)NC2=O. The van der Waals surface area contributed by atoms with E-state index in [1.807, 2.05) is 6.07 Å². The second kappa shape index (κ2) is 4.64. The zero-order valence-electron chi connectivity index (χ0n) is 12.1. The van der Waals surface area contributed by atoms with Gasteiger partial charge in [0.25, 0.3) is 11.8 Å². The van der Waals surface area contributed by atoms with Crippen molar-refractivity contribution in [1.29, 1.82) is 0 Å². The summed E-state index contributed by atoms with van der Waals surface area (Å²) in [4.78, 5) is 43.8. The molecule has 0 aliphatic carbocycles. The van der Waals surface area contributed by atoms with Crippen LogP contribution in [0.1, 0.15) is 38.0 Å². The van der Waals surface area contributed by atoms with E-state index >= 15 is 0 Å². The Kier molecular flexibility index (Phi) is 2.71. The molecule has 3 aromatic rings. The number of rotatable bonds is 2. The molecule has 7 heteroatoms. The molecule has 0 bridgehead atoms. The minimum atomic E-state index is -0.631. The molecule has 0 atom stereocenters. The number of aromatic nitrogens is 2. The lowest BCUT2D eigenvalue weighted by molar-refractivity contribution is 0.0523. The van der Waals surface area contributed by atoms with Gasteiger partial charge in [-0.05, 0) is 25.1 Å². The first-order valence-corrected chi connectivity index (χ1v) is 7.08. The molecule has 3 heterocycles. The number of hydrogen-bond donors (Lipinski definition) is 2. The minimum Gasteiger partial charge on any atom is -0.462 e. The highest BCUT2D eigenvalue weighted by molar-refractivity contribution is 6.31. The first-order valence-electron chi connectivity index (χ1n) is 7.08. The lowest BCUT2D eigenvalue weighted by atomic mass is 9.98. The van der Waals surface area contributed by atoms with Crippen LogP contribution >= 0.6 is 0 Å². The topological polar surface area (TPSA) is 101 Å². The summed E-state index contributed by atoms with van der Waals surface area (Å²) in [5.74, 6) is -1.76. The molecular formula is C16H11N3O4. The van der Waals surface area contributed by atoms with Crippen LogP contribution in [0.4, 0.5) is 0 Å². The number of nitrogens with one attached hydrogen (secondary N) is 2. The van der Waals surface area contributed by atoms with Gasteiger partial charge in [-0.1, -0.05) is 0 Å².